The van der Waals surface area contributed by atoms with Gasteiger partial charge in [0.05, 0.1) is 5.41 Å². The molecule has 1 aliphatic rings. The summed E-state index contributed by atoms with van der Waals surface area (Å²) in [6.07, 6.45) is 0.482. The average molecular weight is 322 g/mol. The highest BCUT2D eigenvalue weighted by atomic mass is 32.1. The van der Waals surface area contributed by atoms with Crippen LogP contribution >= 0.6 is 22.7 Å². The predicted octanol–water partition coefficient (Wildman–Crippen LogP) is 2.81. The molecule has 2 aromatic heterocycles. The van der Waals surface area contributed by atoms with Crippen LogP contribution in [0.1, 0.15) is 23.8 Å². The molecular weight excluding hydrogens is 308 g/mol. The van der Waals surface area contributed by atoms with Gasteiger partial charge in [0.1, 0.15) is 10.7 Å². The number of likely N-dealkylation sites (tertiary alicyclic amines) is 1. The van der Waals surface area contributed by atoms with E-state index in [1.165, 1.54) is 11.3 Å². The normalized spacial score (nSPS) is 21.7. The summed E-state index contributed by atoms with van der Waals surface area (Å²) in [5.41, 5.74) is 0.568. The lowest BCUT2D eigenvalue weighted by molar-refractivity contribution is -0.147. The van der Waals surface area contributed by atoms with Gasteiger partial charge < -0.3 is 10.0 Å². The van der Waals surface area contributed by atoms with Crippen LogP contribution in [0, 0.1) is 5.41 Å². The molecule has 0 aromatic carbocycles. The van der Waals surface area contributed by atoms with Gasteiger partial charge in [-0.25, -0.2) is 4.98 Å². The second-order valence-electron chi connectivity index (χ2n) is 5.39. The summed E-state index contributed by atoms with van der Waals surface area (Å²) in [7, 11) is 0. The molecule has 3 rings (SSSR count). The number of nitrogens with zero attached hydrogens (tertiary/aromatic N) is 2. The smallest absolute Gasteiger partial charge is 0.311 e. The van der Waals surface area contributed by atoms with E-state index >= 15 is 0 Å². The summed E-state index contributed by atoms with van der Waals surface area (Å²) in [6, 6.07) is 1.97. The SMILES string of the molecule is C[C@@]1(C(=O)O)CCN(C(=O)c2csc(-c3ccsc3)n2)C1. The van der Waals surface area contributed by atoms with Crippen molar-refractivity contribution in [3.05, 3.63) is 27.9 Å². The quantitative estimate of drug-likeness (QED) is 0.943. The summed E-state index contributed by atoms with van der Waals surface area (Å²) < 4.78 is 0. The van der Waals surface area contributed by atoms with Crippen molar-refractivity contribution in [2.75, 3.05) is 13.1 Å². The van der Waals surface area contributed by atoms with Crippen LogP contribution in [0.2, 0.25) is 0 Å². The molecule has 5 nitrogen and oxygen atoms in total. The first-order valence-corrected chi connectivity index (χ1v) is 8.33. The van der Waals surface area contributed by atoms with Gasteiger partial charge in [-0.15, -0.1) is 11.3 Å². The number of aliphatic carboxylic acids is 1. The van der Waals surface area contributed by atoms with Gasteiger partial charge in [-0.1, -0.05) is 0 Å². The fourth-order valence-corrected chi connectivity index (χ4v) is 3.87. The van der Waals surface area contributed by atoms with E-state index in [2.05, 4.69) is 4.98 Å². The summed E-state index contributed by atoms with van der Waals surface area (Å²) in [4.78, 5) is 29.6. The third-order valence-electron chi connectivity index (χ3n) is 3.77. The number of carboxylic acid groups (broad SMARTS) is 1. The molecule has 1 atom stereocenters. The van der Waals surface area contributed by atoms with Crippen LogP contribution in [0.15, 0.2) is 22.2 Å². The Balaban J connectivity index is 1.76. The Morgan fingerprint density at radius 1 is 1.43 bits per heavy atom. The van der Waals surface area contributed by atoms with Crippen LogP contribution in [0.3, 0.4) is 0 Å². The first-order valence-electron chi connectivity index (χ1n) is 6.50. The molecule has 0 bridgehead atoms. The Bertz CT molecular complexity index is 680. The lowest BCUT2D eigenvalue weighted by atomic mass is 9.90. The van der Waals surface area contributed by atoms with Crippen LogP contribution in [0.25, 0.3) is 10.6 Å². The minimum Gasteiger partial charge on any atom is -0.481 e. The van der Waals surface area contributed by atoms with Gasteiger partial charge in [0.15, 0.2) is 0 Å². The van der Waals surface area contributed by atoms with Crippen molar-refractivity contribution in [2.24, 2.45) is 5.41 Å². The Morgan fingerprint density at radius 3 is 2.86 bits per heavy atom. The van der Waals surface area contributed by atoms with E-state index in [1.54, 1.807) is 28.5 Å². The van der Waals surface area contributed by atoms with Gasteiger partial charge >= 0.3 is 5.97 Å². The Hall–Kier alpha value is -1.73. The van der Waals surface area contributed by atoms with Gasteiger partial charge in [0, 0.05) is 29.4 Å². The maximum atomic E-state index is 12.4. The van der Waals surface area contributed by atoms with E-state index in [-0.39, 0.29) is 12.5 Å². The van der Waals surface area contributed by atoms with Gasteiger partial charge in [0.25, 0.3) is 5.91 Å². The Labute approximate surface area is 129 Å². The molecule has 0 aliphatic carbocycles. The van der Waals surface area contributed by atoms with E-state index in [4.69, 9.17) is 0 Å². The number of hydrogen-bond donors (Lipinski definition) is 1. The summed E-state index contributed by atoms with van der Waals surface area (Å²) in [5.74, 6) is -1.03. The van der Waals surface area contributed by atoms with E-state index in [0.717, 1.165) is 10.6 Å². The van der Waals surface area contributed by atoms with Crippen LogP contribution in [-0.4, -0.2) is 40.0 Å². The molecule has 110 valence electrons. The number of amides is 1. The Morgan fingerprint density at radius 2 is 2.24 bits per heavy atom. The van der Waals surface area contributed by atoms with Gasteiger partial charge in [-0.2, -0.15) is 11.3 Å². The second kappa shape index (κ2) is 5.23. The molecule has 0 spiro atoms. The first kappa shape index (κ1) is 14.2. The highest BCUT2D eigenvalue weighted by Gasteiger charge is 2.42. The fraction of sp³-hybridized carbons (Fsp3) is 0.357. The maximum absolute atomic E-state index is 12.4. The lowest BCUT2D eigenvalue weighted by Gasteiger charge is -2.19. The first-order chi connectivity index (χ1) is 9.99. The van der Waals surface area contributed by atoms with E-state index < -0.39 is 11.4 Å². The van der Waals surface area contributed by atoms with Crippen LogP contribution in [0.5, 0.6) is 0 Å². The molecule has 0 unspecified atom stereocenters. The minimum atomic E-state index is -0.852. The number of carbonyl (C=O) groups is 2. The highest BCUT2D eigenvalue weighted by Crippen LogP contribution is 2.32. The van der Waals surface area contributed by atoms with Crippen molar-refractivity contribution >= 4 is 34.6 Å². The van der Waals surface area contributed by atoms with E-state index in [1.807, 2.05) is 16.8 Å². The molecule has 1 saturated heterocycles. The molecule has 3 heterocycles. The number of thiophene rings is 1. The number of thiazole rings is 1. The van der Waals surface area contributed by atoms with E-state index in [9.17, 15) is 14.7 Å². The molecule has 2 aromatic rings. The van der Waals surface area contributed by atoms with Crippen molar-refractivity contribution in [3.63, 3.8) is 0 Å². The van der Waals surface area contributed by atoms with Crippen molar-refractivity contribution in [1.29, 1.82) is 0 Å². The van der Waals surface area contributed by atoms with Crippen LogP contribution in [0.4, 0.5) is 0 Å². The molecule has 1 amide bonds. The molecule has 1 fully saturated rings. The molecule has 21 heavy (non-hydrogen) atoms. The zero-order valence-corrected chi connectivity index (χ0v) is 13.0. The molecule has 0 saturated carbocycles. The van der Waals surface area contributed by atoms with E-state index in [0.29, 0.717) is 18.7 Å². The third-order valence-corrected chi connectivity index (χ3v) is 5.34. The predicted molar refractivity (Wildman–Crippen MR) is 81.7 cm³/mol. The largest absolute Gasteiger partial charge is 0.481 e. The fourth-order valence-electron chi connectivity index (χ4n) is 2.36. The standard InChI is InChI=1S/C14H14N2O3S2/c1-14(13(18)19)3-4-16(8-14)12(17)10-7-21-11(15-10)9-2-5-20-6-9/h2,5-7H,3-4,8H2,1H3,(H,18,19)/t14-/m1/s1. The zero-order chi connectivity index (χ0) is 15.0. The average Bonchev–Trinajstić information content (AvgIpc) is 3.18. The molecule has 0 radical (unpaired) electrons. The summed E-state index contributed by atoms with van der Waals surface area (Å²) >= 11 is 3.02. The topological polar surface area (TPSA) is 70.5 Å². The number of aromatic nitrogens is 1. The summed E-state index contributed by atoms with van der Waals surface area (Å²) in [6.45, 7) is 2.39. The zero-order valence-electron chi connectivity index (χ0n) is 11.4. The van der Waals surface area contributed by atoms with Gasteiger partial charge in [-0.05, 0) is 24.8 Å². The molecule has 1 aliphatic heterocycles. The summed E-state index contributed by atoms with van der Waals surface area (Å²) in [5, 5.41) is 15.7. The molecule has 7 heteroatoms. The van der Waals surface area contributed by atoms with Crippen LogP contribution in [-0.2, 0) is 4.79 Å². The number of hydrogen-bond acceptors (Lipinski definition) is 5. The van der Waals surface area contributed by atoms with Gasteiger partial charge in [-0.3, -0.25) is 9.59 Å². The number of carboxylic acids is 1. The van der Waals surface area contributed by atoms with Crippen molar-refractivity contribution in [2.45, 2.75) is 13.3 Å². The van der Waals surface area contributed by atoms with Crippen LogP contribution < -0.4 is 0 Å². The lowest BCUT2D eigenvalue weighted by Crippen LogP contribution is -2.35. The maximum Gasteiger partial charge on any atom is 0.311 e. The Kier molecular flexibility index (Phi) is 3.54. The third kappa shape index (κ3) is 2.58. The highest BCUT2D eigenvalue weighted by molar-refractivity contribution is 7.14. The second-order valence-corrected chi connectivity index (χ2v) is 7.03. The number of carbonyl (C=O) groups excluding carboxylic acids is 1. The van der Waals surface area contributed by atoms with Crippen molar-refractivity contribution in [3.8, 4) is 10.6 Å². The number of rotatable bonds is 3. The molecular formula is C14H14N2O3S2. The van der Waals surface area contributed by atoms with Crippen molar-refractivity contribution in [1.82, 2.24) is 9.88 Å². The monoisotopic (exact) mass is 322 g/mol. The van der Waals surface area contributed by atoms with Crippen molar-refractivity contribution < 1.29 is 14.7 Å². The molecule has 1 N–H and O–H groups in total. The van der Waals surface area contributed by atoms with Gasteiger partial charge in [0.2, 0.25) is 0 Å². The minimum absolute atomic E-state index is 0.183.